The van der Waals surface area contributed by atoms with Crippen LogP contribution in [0.1, 0.15) is 82.7 Å². The van der Waals surface area contributed by atoms with Gasteiger partial charge >= 0.3 is 0 Å². The lowest BCUT2D eigenvalue weighted by Crippen LogP contribution is -2.16. The summed E-state index contributed by atoms with van der Waals surface area (Å²) in [5.41, 5.74) is 1.24. The minimum Gasteiger partial charge on any atom is -0.313 e. The highest BCUT2D eigenvalue weighted by Gasteiger charge is 2.11. The van der Waals surface area contributed by atoms with Crippen LogP contribution >= 0.6 is 11.6 Å². The number of hydrogen-bond acceptors (Lipinski definition) is 1. The summed E-state index contributed by atoms with van der Waals surface area (Å²) in [6.45, 7) is 2.27. The van der Waals surface area contributed by atoms with E-state index in [1.807, 2.05) is 19.2 Å². The van der Waals surface area contributed by atoms with Gasteiger partial charge in [0.1, 0.15) is 0 Å². The third kappa shape index (κ3) is 7.87. The lowest BCUT2D eigenvalue weighted by Gasteiger charge is -2.17. The van der Waals surface area contributed by atoms with Gasteiger partial charge in [-0.25, -0.2) is 0 Å². The molecule has 0 saturated heterocycles. The van der Waals surface area contributed by atoms with Crippen LogP contribution in [0.5, 0.6) is 0 Å². The molecule has 1 rings (SSSR count). The molecule has 1 aromatic rings. The van der Waals surface area contributed by atoms with E-state index >= 15 is 0 Å². The second-order valence-electron chi connectivity index (χ2n) is 5.98. The molecule has 0 radical (unpaired) electrons. The molecule has 0 bridgehead atoms. The van der Waals surface area contributed by atoms with Crippen LogP contribution in [0.3, 0.4) is 0 Å². The first-order valence-electron chi connectivity index (χ1n) is 8.71. The Morgan fingerprint density at radius 2 is 1.48 bits per heavy atom. The molecule has 0 amide bonds. The fraction of sp³-hybridized carbons (Fsp3) is 0.684. The molecular formula is C19H32ClN. The van der Waals surface area contributed by atoms with Gasteiger partial charge in [-0.05, 0) is 25.1 Å². The summed E-state index contributed by atoms with van der Waals surface area (Å²) in [7, 11) is 2.03. The maximum Gasteiger partial charge on any atom is 0.0453 e. The Labute approximate surface area is 136 Å². The molecule has 0 aliphatic rings. The fourth-order valence-corrected chi connectivity index (χ4v) is 3.14. The van der Waals surface area contributed by atoms with Gasteiger partial charge in [0.05, 0.1) is 0 Å². The van der Waals surface area contributed by atoms with Crippen molar-refractivity contribution >= 4 is 11.6 Å². The average molecular weight is 310 g/mol. The topological polar surface area (TPSA) is 12.0 Å². The molecule has 21 heavy (non-hydrogen) atoms. The Hall–Kier alpha value is -0.530. The van der Waals surface area contributed by atoms with E-state index in [-0.39, 0.29) is 0 Å². The van der Waals surface area contributed by atoms with Crippen molar-refractivity contribution in [3.05, 3.63) is 34.9 Å². The smallest absolute Gasteiger partial charge is 0.0453 e. The summed E-state index contributed by atoms with van der Waals surface area (Å²) in [5, 5.41) is 4.28. The van der Waals surface area contributed by atoms with Gasteiger partial charge in [-0.3, -0.25) is 0 Å². The molecule has 120 valence electrons. The predicted octanol–water partition coefficient (Wildman–Crippen LogP) is 6.52. The zero-order chi connectivity index (χ0) is 15.3. The summed E-state index contributed by atoms with van der Waals surface area (Å²) < 4.78 is 0. The number of halogens is 1. The third-order valence-electron chi connectivity index (χ3n) is 4.23. The summed E-state index contributed by atoms with van der Waals surface area (Å²) in [4.78, 5) is 0. The van der Waals surface area contributed by atoms with E-state index in [1.165, 1.54) is 69.8 Å². The minimum absolute atomic E-state index is 0.392. The zero-order valence-corrected chi connectivity index (χ0v) is 14.6. The molecular weight excluding hydrogens is 278 g/mol. The molecule has 0 aliphatic heterocycles. The molecule has 1 N–H and O–H groups in total. The molecule has 0 aromatic heterocycles. The van der Waals surface area contributed by atoms with Crippen LogP contribution in [0.15, 0.2) is 24.3 Å². The number of nitrogens with one attached hydrogen (secondary N) is 1. The van der Waals surface area contributed by atoms with Gasteiger partial charge in [-0.1, -0.05) is 94.5 Å². The van der Waals surface area contributed by atoms with Crippen LogP contribution in [-0.4, -0.2) is 7.05 Å². The Kier molecular flexibility index (Phi) is 10.6. The van der Waals surface area contributed by atoms with Crippen LogP contribution in [0, 0.1) is 0 Å². The van der Waals surface area contributed by atoms with Gasteiger partial charge in [0, 0.05) is 11.1 Å². The second kappa shape index (κ2) is 12.1. The largest absolute Gasteiger partial charge is 0.313 e. The van der Waals surface area contributed by atoms with Gasteiger partial charge in [0.2, 0.25) is 0 Å². The Morgan fingerprint density at radius 1 is 0.905 bits per heavy atom. The maximum atomic E-state index is 6.28. The van der Waals surface area contributed by atoms with Crippen molar-refractivity contribution in [3.8, 4) is 0 Å². The summed E-state index contributed by atoms with van der Waals surface area (Å²) >= 11 is 6.28. The van der Waals surface area contributed by atoms with E-state index in [0.717, 1.165) is 5.02 Å². The first kappa shape index (κ1) is 18.5. The van der Waals surface area contributed by atoms with Gasteiger partial charge in [0.25, 0.3) is 0 Å². The average Bonchev–Trinajstić information content (AvgIpc) is 2.50. The molecule has 0 saturated carbocycles. The molecule has 2 heteroatoms. The monoisotopic (exact) mass is 309 g/mol. The zero-order valence-electron chi connectivity index (χ0n) is 13.8. The fourth-order valence-electron chi connectivity index (χ4n) is 2.87. The predicted molar refractivity (Wildman–Crippen MR) is 95.1 cm³/mol. The maximum absolute atomic E-state index is 6.28. The summed E-state index contributed by atoms with van der Waals surface area (Å²) in [5.74, 6) is 0. The second-order valence-corrected chi connectivity index (χ2v) is 6.39. The van der Waals surface area contributed by atoms with Crippen molar-refractivity contribution in [1.29, 1.82) is 0 Å². The molecule has 1 aromatic carbocycles. The third-order valence-corrected chi connectivity index (χ3v) is 4.57. The van der Waals surface area contributed by atoms with Gasteiger partial charge in [0.15, 0.2) is 0 Å². The van der Waals surface area contributed by atoms with Crippen molar-refractivity contribution in [2.75, 3.05) is 7.05 Å². The standard InChI is InChI=1S/C19H32ClN/c1-3-4-5-6-7-8-9-10-11-16-19(21-2)17-14-12-13-15-18(17)20/h12-15,19,21H,3-11,16H2,1-2H3. The first-order valence-corrected chi connectivity index (χ1v) is 9.09. The van der Waals surface area contributed by atoms with Crippen LogP contribution < -0.4 is 5.32 Å². The van der Waals surface area contributed by atoms with Crippen LogP contribution in [0.4, 0.5) is 0 Å². The molecule has 1 nitrogen and oxygen atoms in total. The molecule has 1 unspecified atom stereocenters. The molecule has 0 heterocycles. The van der Waals surface area contributed by atoms with E-state index in [1.54, 1.807) is 0 Å². The molecule has 0 fully saturated rings. The van der Waals surface area contributed by atoms with Crippen LogP contribution in [0.25, 0.3) is 0 Å². The van der Waals surface area contributed by atoms with Crippen molar-refractivity contribution in [1.82, 2.24) is 5.32 Å². The lowest BCUT2D eigenvalue weighted by molar-refractivity contribution is 0.493. The van der Waals surface area contributed by atoms with Crippen LogP contribution in [-0.2, 0) is 0 Å². The van der Waals surface area contributed by atoms with Crippen LogP contribution in [0.2, 0.25) is 5.02 Å². The van der Waals surface area contributed by atoms with Gasteiger partial charge in [-0.15, -0.1) is 0 Å². The Morgan fingerprint density at radius 3 is 2.05 bits per heavy atom. The van der Waals surface area contributed by atoms with E-state index in [9.17, 15) is 0 Å². The van der Waals surface area contributed by atoms with Crippen molar-refractivity contribution < 1.29 is 0 Å². The lowest BCUT2D eigenvalue weighted by atomic mass is 9.99. The minimum atomic E-state index is 0.392. The molecule has 1 atom stereocenters. The SMILES string of the molecule is CCCCCCCCCCCC(NC)c1ccccc1Cl. The van der Waals surface area contributed by atoms with Crippen molar-refractivity contribution in [2.24, 2.45) is 0 Å². The molecule has 0 aliphatic carbocycles. The first-order chi connectivity index (χ1) is 10.3. The normalized spacial score (nSPS) is 12.5. The van der Waals surface area contributed by atoms with Gasteiger partial charge < -0.3 is 5.32 Å². The highest BCUT2D eigenvalue weighted by atomic mass is 35.5. The number of benzene rings is 1. The summed E-state index contributed by atoms with van der Waals surface area (Å²) in [6, 6.07) is 8.58. The van der Waals surface area contributed by atoms with E-state index in [0.29, 0.717) is 6.04 Å². The Balaban J connectivity index is 2.12. The van der Waals surface area contributed by atoms with E-state index in [4.69, 9.17) is 11.6 Å². The molecule has 0 spiro atoms. The van der Waals surface area contributed by atoms with Gasteiger partial charge in [-0.2, -0.15) is 0 Å². The number of hydrogen-bond donors (Lipinski definition) is 1. The number of unbranched alkanes of at least 4 members (excludes halogenated alkanes) is 8. The van der Waals surface area contributed by atoms with E-state index in [2.05, 4.69) is 24.4 Å². The summed E-state index contributed by atoms with van der Waals surface area (Å²) in [6.07, 6.45) is 13.6. The van der Waals surface area contributed by atoms with Crippen molar-refractivity contribution in [2.45, 2.75) is 77.2 Å². The Bertz CT molecular complexity index is 364. The quantitative estimate of drug-likeness (QED) is 0.433. The van der Waals surface area contributed by atoms with Crippen molar-refractivity contribution in [3.63, 3.8) is 0 Å². The highest BCUT2D eigenvalue weighted by Crippen LogP contribution is 2.26. The highest BCUT2D eigenvalue weighted by molar-refractivity contribution is 6.31. The van der Waals surface area contributed by atoms with E-state index < -0.39 is 0 Å². The number of rotatable bonds is 12.